The van der Waals surface area contributed by atoms with Crippen molar-refractivity contribution in [2.45, 2.75) is 13.0 Å². The van der Waals surface area contributed by atoms with E-state index in [-0.39, 0.29) is 17.5 Å². The van der Waals surface area contributed by atoms with Gasteiger partial charge in [0.2, 0.25) is 5.82 Å². The van der Waals surface area contributed by atoms with Gasteiger partial charge in [0.1, 0.15) is 11.6 Å². The summed E-state index contributed by atoms with van der Waals surface area (Å²) in [5.41, 5.74) is 3.44. The van der Waals surface area contributed by atoms with Crippen molar-refractivity contribution in [1.29, 1.82) is 0 Å². The van der Waals surface area contributed by atoms with Crippen molar-refractivity contribution in [2.24, 2.45) is 0 Å². The lowest BCUT2D eigenvalue weighted by atomic mass is 9.94. The van der Waals surface area contributed by atoms with Crippen molar-refractivity contribution < 1.29 is 13.3 Å². The zero-order valence-corrected chi connectivity index (χ0v) is 19.4. The molecule has 1 aliphatic heterocycles. The van der Waals surface area contributed by atoms with E-state index in [0.717, 1.165) is 16.9 Å². The Morgan fingerprint density at radius 2 is 1.74 bits per heavy atom. The number of anilines is 1. The van der Waals surface area contributed by atoms with Crippen molar-refractivity contribution in [3.63, 3.8) is 0 Å². The molecule has 3 aromatic carbocycles. The highest BCUT2D eigenvalue weighted by molar-refractivity contribution is 7.80. The molecule has 1 N–H and O–H groups in total. The van der Waals surface area contributed by atoms with Crippen LogP contribution in [0.15, 0.2) is 83.0 Å². The van der Waals surface area contributed by atoms with Gasteiger partial charge in [-0.3, -0.25) is 4.90 Å². The standard InChI is InChI=1S/C25H17ClF2N4OS/c1-14-21(24-30-23(31-33-24)16-3-2-4-19(28)13-16)22(15-5-9-18(27)10-6-15)29-25(34)32(14)20-11-7-17(26)8-12-20/h2-13,22H,1H3,(H,29,34). The first-order valence-electron chi connectivity index (χ1n) is 10.3. The average molecular weight is 495 g/mol. The third-order valence-corrected chi connectivity index (χ3v) is 6.06. The lowest BCUT2D eigenvalue weighted by Gasteiger charge is -2.37. The van der Waals surface area contributed by atoms with Crippen LogP contribution in [-0.2, 0) is 0 Å². The van der Waals surface area contributed by atoms with E-state index in [1.54, 1.807) is 36.4 Å². The van der Waals surface area contributed by atoms with E-state index in [1.165, 1.54) is 24.3 Å². The Morgan fingerprint density at radius 1 is 1.00 bits per heavy atom. The van der Waals surface area contributed by atoms with Gasteiger partial charge in [-0.1, -0.05) is 41.0 Å². The first-order valence-corrected chi connectivity index (χ1v) is 11.1. The van der Waals surface area contributed by atoms with Crippen molar-refractivity contribution in [3.05, 3.63) is 107 Å². The number of hydrogen-bond donors (Lipinski definition) is 1. The zero-order chi connectivity index (χ0) is 23.8. The lowest BCUT2D eigenvalue weighted by molar-refractivity contribution is 0.404. The van der Waals surface area contributed by atoms with Crippen LogP contribution in [0.5, 0.6) is 0 Å². The van der Waals surface area contributed by atoms with E-state index in [2.05, 4.69) is 15.5 Å². The summed E-state index contributed by atoms with van der Waals surface area (Å²) in [5, 5.41) is 8.42. The number of rotatable bonds is 4. The molecule has 0 aliphatic carbocycles. The van der Waals surface area contributed by atoms with E-state index in [9.17, 15) is 8.78 Å². The van der Waals surface area contributed by atoms with Gasteiger partial charge < -0.3 is 9.84 Å². The largest absolute Gasteiger partial charge is 0.351 e. The molecule has 1 atom stereocenters. The van der Waals surface area contributed by atoms with Gasteiger partial charge in [0.15, 0.2) is 5.11 Å². The Labute approximate surface area is 204 Å². The molecule has 0 radical (unpaired) electrons. The Morgan fingerprint density at radius 3 is 2.44 bits per heavy atom. The van der Waals surface area contributed by atoms with Gasteiger partial charge in [0.25, 0.3) is 5.89 Å². The Hall–Kier alpha value is -3.62. The summed E-state index contributed by atoms with van der Waals surface area (Å²) in [7, 11) is 0. The summed E-state index contributed by atoms with van der Waals surface area (Å²) in [6.07, 6.45) is 0. The summed E-state index contributed by atoms with van der Waals surface area (Å²) in [6, 6.07) is 18.8. The highest BCUT2D eigenvalue weighted by atomic mass is 35.5. The number of thiocarbonyl (C=S) groups is 1. The molecule has 170 valence electrons. The zero-order valence-electron chi connectivity index (χ0n) is 17.8. The SMILES string of the molecule is CC1=C(c2nc(-c3cccc(F)c3)no2)C(c2ccc(F)cc2)NC(=S)N1c1ccc(Cl)cc1. The van der Waals surface area contributed by atoms with Crippen molar-refractivity contribution >= 4 is 40.2 Å². The summed E-state index contributed by atoms with van der Waals surface area (Å²) in [4.78, 5) is 6.39. The molecule has 5 nitrogen and oxygen atoms in total. The second-order valence-electron chi connectivity index (χ2n) is 7.68. The van der Waals surface area contributed by atoms with Gasteiger partial charge in [-0.05, 0) is 73.2 Å². The average Bonchev–Trinajstić information content (AvgIpc) is 3.30. The summed E-state index contributed by atoms with van der Waals surface area (Å²) >= 11 is 11.8. The van der Waals surface area contributed by atoms with Crippen molar-refractivity contribution in [2.75, 3.05) is 4.90 Å². The number of benzene rings is 3. The van der Waals surface area contributed by atoms with Gasteiger partial charge >= 0.3 is 0 Å². The molecule has 0 fully saturated rings. The molecule has 34 heavy (non-hydrogen) atoms. The Bertz CT molecular complexity index is 1400. The van der Waals surface area contributed by atoms with Crippen LogP contribution in [0.1, 0.15) is 24.4 Å². The topological polar surface area (TPSA) is 54.2 Å². The van der Waals surface area contributed by atoms with Crippen LogP contribution in [0.3, 0.4) is 0 Å². The van der Waals surface area contributed by atoms with Crippen LogP contribution in [0, 0.1) is 11.6 Å². The number of aromatic nitrogens is 2. The molecular formula is C25H17ClF2N4OS. The minimum atomic E-state index is -0.475. The first-order chi connectivity index (χ1) is 16.4. The van der Waals surface area contributed by atoms with E-state index in [1.807, 2.05) is 24.0 Å². The normalized spacial score (nSPS) is 16.1. The molecule has 9 heteroatoms. The predicted octanol–water partition coefficient (Wildman–Crippen LogP) is 6.54. The second-order valence-corrected chi connectivity index (χ2v) is 8.50. The monoisotopic (exact) mass is 494 g/mol. The molecular weight excluding hydrogens is 478 g/mol. The molecule has 0 spiro atoms. The maximum Gasteiger partial charge on any atom is 0.258 e. The molecule has 0 amide bonds. The number of hydrogen-bond acceptors (Lipinski definition) is 4. The summed E-state index contributed by atoms with van der Waals surface area (Å²) in [5.74, 6) is -0.265. The fourth-order valence-electron chi connectivity index (χ4n) is 3.90. The minimum Gasteiger partial charge on any atom is -0.351 e. The van der Waals surface area contributed by atoms with Crippen LogP contribution in [-0.4, -0.2) is 15.3 Å². The number of nitrogens with zero attached hydrogens (tertiary/aromatic N) is 3. The molecule has 5 rings (SSSR count). The summed E-state index contributed by atoms with van der Waals surface area (Å²) < 4.78 is 33.0. The molecule has 1 aromatic heterocycles. The molecule has 4 aromatic rings. The van der Waals surface area contributed by atoms with Crippen LogP contribution in [0.2, 0.25) is 5.02 Å². The van der Waals surface area contributed by atoms with E-state index < -0.39 is 11.9 Å². The third-order valence-electron chi connectivity index (χ3n) is 5.51. The van der Waals surface area contributed by atoms with E-state index in [0.29, 0.717) is 21.3 Å². The smallest absolute Gasteiger partial charge is 0.258 e. The molecule has 0 saturated heterocycles. The Balaban J connectivity index is 1.65. The highest BCUT2D eigenvalue weighted by Crippen LogP contribution is 2.39. The van der Waals surface area contributed by atoms with Crippen LogP contribution in [0.25, 0.3) is 17.0 Å². The van der Waals surface area contributed by atoms with Gasteiger partial charge in [-0.15, -0.1) is 0 Å². The maximum absolute atomic E-state index is 13.7. The molecule has 0 bridgehead atoms. The van der Waals surface area contributed by atoms with Gasteiger partial charge in [0.05, 0.1) is 11.6 Å². The van der Waals surface area contributed by atoms with Crippen LogP contribution >= 0.6 is 23.8 Å². The number of nitrogens with one attached hydrogen (secondary N) is 1. The molecule has 1 unspecified atom stereocenters. The fourth-order valence-corrected chi connectivity index (χ4v) is 4.39. The van der Waals surface area contributed by atoms with E-state index in [4.69, 9.17) is 28.3 Å². The van der Waals surface area contributed by atoms with Gasteiger partial charge in [-0.25, -0.2) is 8.78 Å². The lowest BCUT2D eigenvalue weighted by Crippen LogP contribution is -2.46. The number of allylic oxidation sites excluding steroid dienone is 1. The molecule has 2 heterocycles. The third kappa shape index (κ3) is 4.18. The van der Waals surface area contributed by atoms with Gasteiger partial charge in [0, 0.05) is 22.0 Å². The first kappa shape index (κ1) is 22.2. The minimum absolute atomic E-state index is 0.236. The van der Waals surface area contributed by atoms with Crippen LogP contribution in [0.4, 0.5) is 14.5 Å². The Kier molecular flexibility index (Phi) is 5.85. The van der Waals surface area contributed by atoms with Crippen molar-refractivity contribution in [3.8, 4) is 11.4 Å². The van der Waals surface area contributed by atoms with Gasteiger partial charge in [-0.2, -0.15) is 4.98 Å². The fraction of sp³-hybridized carbons (Fsp3) is 0.0800. The van der Waals surface area contributed by atoms with Crippen LogP contribution < -0.4 is 10.2 Å². The predicted molar refractivity (Wildman–Crippen MR) is 131 cm³/mol. The summed E-state index contributed by atoms with van der Waals surface area (Å²) in [6.45, 7) is 1.89. The maximum atomic E-state index is 13.7. The molecule has 1 aliphatic rings. The molecule has 0 saturated carbocycles. The number of halogens is 3. The van der Waals surface area contributed by atoms with Crippen molar-refractivity contribution in [1.82, 2.24) is 15.5 Å². The highest BCUT2D eigenvalue weighted by Gasteiger charge is 2.34. The quantitative estimate of drug-likeness (QED) is 0.325. The second kappa shape index (κ2) is 8.96. The van der Waals surface area contributed by atoms with E-state index >= 15 is 0 Å².